The number of nitrogens with two attached hydrogens (primary N) is 1. The Morgan fingerprint density at radius 2 is 2.06 bits per heavy atom. The van der Waals surface area contributed by atoms with Crippen LogP contribution in [-0.4, -0.2) is 67.1 Å². The summed E-state index contributed by atoms with van der Waals surface area (Å²) in [5.41, 5.74) is 5.91. The van der Waals surface area contributed by atoms with Crippen LogP contribution in [0.1, 0.15) is 26.2 Å². The molecule has 17 heavy (non-hydrogen) atoms. The zero-order valence-corrected chi connectivity index (χ0v) is 12.5. The van der Waals surface area contributed by atoms with Gasteiger partial charge >= 0.3 is 0 Å². The highest BCUT2D eigenvalue weighted by atomic mass is 32.2. The van der Waals surface area contributed by atoms with Gasteiger partial charge in [-0.05, 0) is 58.0 Å². The van der Waals surface area contributed by atoms with Crippen LogP contribution >= 0.6 is 11.8 Å². The molecule has 3 nitrogen and oxygen atoms in total. The zero-order valence-electron chi connectivity index (χ0n) is 11.7. The molecular formula is C13H29N3S. The van der Waals surface area contributed by atoms with Gasteiger partial charge in [-0.2, -0.15) is 11.8 Å². The molecule has 4 heteroatoms. The lowest BCUT2D eigenvalue weighted by Crippen LogP contribution is -2.49. The molecule has 1 saturated heterocycles. The Kier molecular flexibility index (Phi) is 7.51. The molecule has 0 aromatic carbocycles. The first kappa shape index (κ1) is 15.3. The van der Waals surface area contributed by atoms with Crippen LogP contribution in [0, 0.1) is 0 Å². The van der Waals surface area contributed by atoms with Gasteiger partial charge in [0.15, 0.2) is 0 Å². The van der Waals surface area contributed by atoms with Crippen LogP contribution in [0.2, 0.25) is 0 Å². The van der Waals surface area contributed by atoms with Crippen LogP contribution in [0.15, 0.2) is 0 Å². The second kappa shape index (κ2) is 8.35. The van der Waals surface area contributed by atoms with Crippen molar-refractivity contribution in [2.45, 2.75) is 38.3 Å². The summed E-state index contributed by atoms with van der Waals surface area (Å²) in [6.45, 7) is 6.76. The number of hydrogen-bond acceptors (Lipinski definition) is 4. The van der Waals surface area contributed by atoms with Gasteiger partial charge in [-0.15, -0.1) is 0 Å². The third-order valence-corrected chi connectivity index (χ3v) is 4.73. The molecule has 2 N–H and O–H groups in total. The summed E-state index contributed by atoms with van der Waals surface area (Å²) >= 11 is 1.92. The second-order valence-electron chi connectivity index (χ2n) is 5.00. The molecule has 1 fully saturated rings. The molecule has 102 valence electrons. The van der Waals surface area contributed by atoms with Crippen molar-refractivity contribution in [3.63, 3.8) is 0 Å². The topological polar surface area (TPSA) is 32.5 Å². The van der Waals surface area contributed by atoms with E-state index in [0.717, 1.165) is 12.6 Å². The highest BCUT2D eigenvalue weighted by Gasteiger charge is 2.25. The SMILES string of the molecule is CCN1CCC(N(C)C(CN)CCSC)CC1. The van der Waals surface area contributed by atoms with Crippen molar-refractivity contribution in [3.05, 3.63) is 0 Å². The van der Waals surface area contributed by atoms with Gasteiger partial charge < -0.3 is 10.6 Å². The summed E-state index contributed by atoms with van der Waals surface area (Å²) in [4.78, 5) is 5.09. The fourth-order valence-corrected chi connectivity index (χ4v) is 3.19. The Morgan fingerprint density at radius 3 is 2.53 bits per heavy atom. The van der Waals surface area contributed by atoms with Gasteiger partial charge in [-0.3, -0.25) is 4.90 Å². The average Bonchev–Trinajstić information content (AvgIpc) is 2.39. The van der Waals surface area contributed by atoms with Gasteiger partial charge in [0.25, 0.3) is 0 Å². The molecule has 1 aliphatic rings. The summed E-state index contributed by atoms with van der Waals surface area (Å²) in [6, 6.07) is 1.31. The summed E-state index contributed by atoms with van der Waals surface area (Å²) in [7, 11) is 2.27. The Balaban J connectivity index is 2.37. The molecule has 0 aromatic heterocycles. The van der Waals surface area contributed by atoms with Crippen molar-refractivity contribution >= 4 is 11.8 Å². The van der Waals surface area contributed by atoms with E-state index >= 15 is 0 Å². The third-order valence-electron chi connectivity index (χ3n) is 4.08. The van der Waals surface area contributed by atoms with Gasteiger partial charge in [-0.1, -0.05) is 6.92 Å². The highest BCUT2D eigenvalue weighted by molar-refractivity contribution is 7.98. The van der Waals surface area contributed by atoms with Gasteiger partial charge in [-0.25, -0.2) is 0 Å². The van der Waals surface area contributed by atoms with Crippen molar-refractivity contribution in [1.29, 1.82) is 0 Å². The maximum absolute atomic E-state index is 5.91. The number of nitrogens with zero attached hydrogens (tertiary/aromatic N) is 2. The second-order valence-corrected chi connectivity index (χ2v) is 5.99. The van der Waals surface area contributed by atoms with Crippen molar-refractivity contribution in [1.82, 2.24) is 9.80 Å². The van der Waals surface area contributed by atoms with Gasteiger partial charge in [0.1, 0.15) is 0 Å². The molecule has 0 aliphatic carbocycles. The van der Waals surface area contributed by atoms with Gasteiger partial charge in [0.05, 0.1) is 0 Å². The Labute approximate surface area is 111 Å². The number of hydrogen-bond donors (Lipinski definition) is 1. The smallest absolute Gasteiger partial charge is 0.0226 e. The van der Waals surface area contributed by atoms with Crippen LogP contribution in [0.4, 0.5) is 0 Å². The van der Waals surface area contributed by atoms with E-state index in [1.807, 2.05) is 11.8 Å². The van der Waals surface area contributed by atoms with Crippen LogP contribution in [-0.2, 0) is 0 Å². The van der Waals surface area contributed by atoms with Crippen LogP contribution in [0.25, 0.3) is 0 Å². The summed E-state index contributed by atoms with van der Waals surface area (Å²) in [5.74, 6) is 1.22. The number of rotatable bonds is 7. The maximum atomic E-state index is 5.91. The Bertz CT molecular complexity index is 193. The lowest BCUT2D eigenvalue weighted by molar-refractivity contribution is 0.0996. The standard InChI is InChI=1S/C13H29N3S/c1-4-16-8-5-12(6-9-16)15(2)13(11-14)7-10-17-3/h12-13H,4-11,14H2,1-3H3. The Morgan fingerprint density at radius 1 is 1.41 bits per heavy atom. The van der Waals surface area contributed by atoms with E-state index in [1.165, 1.54) is 44.6 Å². The first-order valence-corrected chi connectivity index (χ1v) is 8.25. The summed E-state index contributed by atoms with van der Waals surface area (Å²) in [5, 5.41) is 0. The predicted molar refractivity (Wildman–Crippen MR) is 78.7 cm³/mol. The van der Waals surface area contributed by atoms with E-state index in [-0.39, 0.29) is 0 Å². The van der Waals surface area contributed by atoms with Crippen LogP contribution < -0.4 is 5.73 Å². The lowest BCUT2D eigenvalue weighted by Gasteiger charge is -2.40. The molecule has 1 aliphatic heterocycles. The fraction of sp³-hybridized carbons (Fsp3) is 1.00. The number of piperidine rings is 1. The van der Waals surface area contributed by atoms with Crippen molar-refractivity contribution in [2.24, 2.45) is 5.73 Å². The predicted octanol–water partition coefficient (Wildman–Crippen LogP) is 1.48. The molecule has 1 unspecified atom stereocenters. The average molecular weight is 259 g/mol. The zero-order chi connectivity index (χ0) is 12.7. The van der Waals surface area contributed by atoms with Crippen molar-refractivity contribution in [3.8, 4) is 0 Å². The quantitative estimate of drug-likeness (QED) is 0.751. The van der Waals surface area contributed by atoms with Crippen LogP contribution in [0.3, 0.4) is 0 Å². The van der Waals surface area contributed by atoms with E-state index in [2.05, 4.69) is 30.0 Å². The van der Waals surface area contributed by atoms with E-state index in [4.69, 9.17) is 5.73 Å². The first-order chi connectivity index (χ1) is 8.22. The van der Waals surface area contributed by atoms with Crippen molar-refractivity contribution in [2.75, 3.05) is 45.2 Å². The molecular weight excluding hydrogens is 230 g/mol. The molecule has 1 heterocycles. The molecule has 0 aromatic rings. The fourth-order valence-electron chi connectivity index (χ4n) is 2.68. The maximum Gasteiger partial charge on any atom is 0.0226 e. The Hall–Kier alpha value is 0.230. The van der Waals surface area contributed by atoms with Gasteiger partial charge in [0, 0.05) is 18.6 Å². The van der Waals surface area contributed by atoms with E-state index in [9.17, 15) is 0 Å². The molecule has 0 saturated carbocycles. The van der Waals surface area contributed by atoms with E-state index < -0.39 is 0 Å². The molecule has 0 bridgehead atoms. The number of likely N-dealkylation sites (N-methyl/N-ethyl adjacent to an activating group) is 1. The molecule has 0 radical (unpaired) electrons. The lowest BCUT2D eigenvalue weighted by atomic mass is 10.0. The largest absolute Gasteiger partial charge is 0.329 e. The molecule has 1 rings (SSSR count). The number of thioether (sulfide) groups is 1. The summed E-state index contributed by atoms with van der Waals surface area (Å²) < 4.78 is 0. The highest BCUT2D eigenvalue weighted by Crippen LogP contribution is 2.18. The minimum absolute atomic E-state index is 0.570. The van der Waals surface area contributed by atoms with E-state index in [0.29, 0.717) is 6.04 Å². The van der Waals surface area contributed by atoms with Crippen LogP contribution in [0.5, 0.6) is 0 Å². The monoisotopic (exact) mass is 259 g/mol. The van der Waals surface area contributed by atoms with E-state index in [1.54, 1.807) is 0 Å². The molecule has 0 amide bonds. The molecule has 1 atom stereocenters. The molecule has 0 spiro atoms. The van der Waals surface area contributed by atoms with Crippen molar-refractivity contribution < 1.29 is 0 Å². The normalized spacial score (nSPS) is 21.0. The third kappa shape index (κ3) is 4.78. The minimum atomic E-state index is 0.570. The first-order valence-electron chi connectivity index (χ1n) is 6.86. The number of likely N-dealkylation sites (tertiary alicyclic amines) is 1. The minimum Gasteiger partial charge on any atom is -0.329 e. The van der Waals surface area contributed by atoms with Gasteiger partial charge in [0.2, 0.25) is 0 Å². The summed E-state index contributed by atoms with van der Waals surface area (Å²) in [6.07, 6.45) is 6.01.